The predicted molar refractivity (Wildman–Crippen MR) is 114 cm³/mol. The highest BCUT2D eigenvalue weighted by Crippen LogP contribution is 2.48. The molecule has 3 N–H and O–H groups in total. The Kier molecular flexibility index (Phi) is 3.70. The fourth-order valence-electron chi connectivity index (χ4n) is 3.85. The van der Waals surface area contributed by atoms with Crippen molar-refractivity contribution in [1.29, 1.82) is 0 Å². The van der Waals surface area contributed by atoms with Crippen LogP contribution in [0.5, 0.6) is 11.6 Å². The first-order chi connectivity index (χ1) is 13.6. The first-order valence-electron chi connectivity index (χ1n) is 9.13. The smallest absolute Gasteiger partial charge is 0.240 e. The van der Waals surface area contributed by atoms with Crippen LogP contribution in [0, 0.1) is 0 Å². The highest BCUT2D eigenvalue weighted by Gasteiger charge is 2.27. The normalized spacial score (nSPS) is 11.8. The third-order valence-corrected chi connectivity index (χ3v) is 6.10. The molecule has 28 heavy (non-hydrogen) atoms. The molecular formula is C22H19N3O2S. The zero-order valence-electron chi connectivity index (χ0n) is 15.5. The van der Waals surface area contributed by atoms with Gasteiger partial charge in [-0.15, -0.1) is 11.3 Å². The Labute approximate surface area is 165 Å². The molecule has 2 aromatic carbocycles. The van der Waals surface area contributed by atoms with Gasteiger partial charge in [0, 0.05) is 26.6 Å². The van der Waals surface area contributed by atoms with Gasteiger partial charge in [-0.2, -0.15) is 0 Å². The van der Waals surface area contributed by atoms with Crippen LogP contribution in [0.2, 0.25) is 0 Å². The minimum absolute atomic E-state index is 0.0386. The van der Waals surface area contributed by atoms with Crippen LogP contribution in [-0.4, -0.2) is 24.7 Å². The molecule has 5 aromatic rings. The number of hydrogen-bond acceptors (Lipinski definition) is 4. The topological polar surface area (TPSA) is 74.1 Å². The summed E-state index contributed by atoms with van der Waals surface area (Å²) in [5, 5.41) is 24.9. The van der Waals surface area contributed by atoms with E-state index in [1.165, 1.54) is 4.70 Å². The molecule has 0 fully saturated rings. The maximum Gasteiger partial charge on any atom is 0.240 e. The van der Waals surface area contributed by atoms with Crippen LogP contribution in [0.25, 0.3) is 38.1 Å². The van der Waals surface area contributed by atoms with Gasteiger partial charge in [0.2, 0.25) is 5.88 Å². The van der Waals surface area contributed by atoms with Gasteiger partial charge in [0.25, 0.3) is 0 Å². The second kappa shape index (κ2) is 6.14. The van der Waals surface area contributed by atoms with E-state index in [1.807, 2.05) is 44.2 Å². The lowest BCUT2D eigenvalue weighted by Crippen LogP contribution is -1.99. The molecule has 0 aliphatic heterocycles. The molecule has 0 bridgehead atoms. The van der Waals surface area contributed by atoms with E-state index in [9.17, 15) is 10.2 Å². The number of aromatic amines is 1. The monoisotopic (exact) mass is 389 g/mol. The van der Waals surface area contributed by atoms with Crippen LogP contribution in [0.3, 0.4) is 0 Å². The number of hydrogen-bond donors (Lipinski definition) is 3. The van der Waals surface area contributed by atoms with E-state index in [1.54, 1.807) is 22.2 Å². The molecular weight excluding hydrogens is 370 g/mol. The maximum absolute atomic E-state index is 10.9. The molecule has 0 spiro atoms. The first kappa shape index (κ1) is 16.9. The molecule has 0 atom stereocenters. The van der Waals surface area contributed by atoms with E-state index in [0.717, 1.165) is 38.9 Å². The largest absolute Gasteiger partial charge is 0.503 e. The van der Waals surface area contributed by atoms with Gasteiger partial charge in [0.15, 0.2) is 5.75 Å². The molecule has 0 unspecified atom stereocenters. The summed E-state index contributed by atoms with van der Waals surface area (Å²) in [4.78, 5) is 7.38. The molecule has 6 heteroatoms. The Balaban J connectivity index is 1.88. The number of fused-ring (bicyclic) bond motifs is 2. The van der Waals surface area contributed by atoms with Gasteiger partial charge in [-0.1, -0.05) is 32.0 Å². The average molecular weight is 389 g/mol. The van der Waals surface area contributed by atoms with E-state index in [4.69, 9.17) is 0 Å². The van der Waals surface area contributed by atoms with E-state index < -0.39 is 0 Å². The number of nitrogens with one attached hydrogen (secondary N) is 1. The maximum atomic E-state index is 10.9. The summed E-state index contributed by atoms with van der Waals surface area (Å²) in [6.45, 7) is 4.05. The summed E-state index contributed by atoms with van der Waals surface area (Å²) < 4.78 is 2.90. The Morgan fingerprint density at radius 3 is 2.75 bits per heavy atom. The van der Waals surface area contributed by atoms with Crippen molar-refractivity contribution in [3.05, 3.63) is 59.7 Å². The second-order valence-corrected chi connectivity index (χ2v) is 8.09. The zero-order chi connectivity index (χ0) is 19.4. The Bertz CT molecular complexity index is 1330. The molecule has 0 radical (unpaired) electrons. The Hall–Kier alpha value is -3.25. The van der Waals surface area contributed by atoms with Crippen LogP contribution in [0.4, 0.5) is 0 Å². The minimum atomic E-state index is -0.146. The average Bonchev–Trinajstić information content (AvgIpc) is 3.38. The van der Waals surface area contributed by atoms with Crippen molar-refractivity contribution in [1.82, 2.24) is 14.5 Å². The van der Waals surface area contributed by atoms with Crippen LogP contribution in [0.1, 0.15) is 25.3 Å². The van der Waals surface area contributed by atoms with Crippen molar-refractivity contribution in [2.45, 2.75) is 19.8 Å². The molecule has 0 aliphatic rings. The third kappa shape index (κ3) is 2.34. The van der Waals surface area contributed by atoms with Gasteiger partial charge in [-0.3, -0.25) is 4.57 Å². The highest BCUT2D eigenvalue weighted by atomic mass is 32.1. The van der Waals surface area contributed by atoms with Crippen LogP contribution >= 0.6 is 11.3 Å². The minimum Gasteiger partial charge on any atom is -0.503 e. The molecule has 0 aliphatic carbocycles. The van der Waals surface area contributed by atoms with Crippen molar-refractivity contribution >= 4 is 32.5 Å². The molecule has 0 amide bonds. The van der Waals surface area contributed by atoms with Crippen molar-refractivity contribution in [3.8, 4) is 28.6 Å². The van der Waals surface area contributed by atoms with Crippen molar-refractivity contribution in [2.24, 2.45) is 0 Å². The summed E-state index contributed by atoms with van der Waals surface area (Å²) in [5.41, 5.74) is 5.06. The summed E-state index contributed by atoms with van der Waals surface area (Å²) in [5.74, 6) is -0.172. The number of rotatable bonds is 3. The number of aromatic nitrogens is 3. The van der Waals surface area contributed by atoms with Crippen LogP contribution < -0.4 is 0 Å². The molecule has 3 aromatic heterocycles. The lowest BCUT2D eigenvalue weighted by Gasteiger charge is -2.13. The molecule has 5 rings (SSSR count). The van der Waals surface area contributed by atoms with Crippen LogP contribution in [0.15, 0.2) is 54.2 Å². The highest BCUT2D eigenvalue weighted by molar-refractivity contribution is 7.17. The standard InChI is InChI=1S/C22H19N3O2S/c1-12(2)19-20(15-10-28-18-6-4-3-5-14(15)18)25(22(27)21(19)26)13-7-8-16-17(9-13)24-11-23-16/h3-12,26-27H,1-2H3,(H,23,24). The lowest BCUT2D eigenvalue weighted by atomic mass is 9.98. The Morgan fingerprint density at radius 2 is 1.93 bits per heavy atom. The first-order valence-corrected chi connectivity index (χ1v) is 10.0. The quantitative estimate of drug-likeness (QED) is 0.367. The zero-order valence-corrected chi connectivity index (χ0v) is 16.3. The number of H-pyrrole nitrogens is 1. The molecule has 3 heterocycles. The Morgan fingerprint density at radius 1 is 1.11 bits per heavy atom. The number of imidazole rings is 1. The van der Waals surface area contributed by atoms with Gasteiger partial charge in [0.05, 0.1) is 28.7 Å². The summed E-state index contributed by atoms with van der Waals surface area (Å²) >= 11 is 1.66. The van der Waals surface area contributed by atoms with E-state index >= 15 is 0 Å². The van der Waals surface area contributed by atoms with Gasteiger partial charge in [-0.05, 0) is 30.2 Å². The number of aromatic hydroxyl groups is 2. The number of thiophene rings is 1. The van der Waals surface area contributed by atoms with E-state index in [2.05, 4.69) is 27.5 Å². The predicted octanol–water partition coefficient (Wildman–Crippen LogP) is 5.77. The molecule has 5 nitrogen and oxygen atoms in total. The van der Waals surface area contributed by atoms with E-state index in [0.29, 0.717) is 0 Å². The fourth-order valence-corrected chi connectivity index (χ4v) is 4.80. The second-order valence-electron chi connectivity index (χ2n) is 7.17. The lowest BCUT2D eigenvalue weighted by molar-refractivity contribution is 0.384. The number of benzene rings is 2. The third-order valence-electron chi connectivity index (χ3n) is 5.13. The van der Waals surface area contributed by atoms with Crippen LogP contribution in [-0.2, 0) is 0 Å². The van der Waals surface area contributed by atoms with Gasteiger partial charge < -0.3 is 15.2 Å². The van der Waals surface area contributed by atoms with E-state index in [-0.39, 0.29) is 17.5 Å². The van der Waals surface area contributed by atoms with Crippen molar-refractivity contribution in [3.63, 3.8) is 0 Å². The summed E-state index contributed by atoms with van der Waals surface area (Å²) in [6.07, 6.45) is 1.65. The summed E-state index contributed by atoms with van der Waals surface area (Å²) in [6, 6.07) is 13.9. The van der Waals surface area contributed by atoms with Crippen molar-refractivity contribution < 1.29 is 10.2 Å². The van der Waals surface area contributed by atoms with Gasteiger partial charge in [-0.25, -0.2) is 4.98 Å². The fraction of sp³-hybridized carbons (Fsp3) is 0.136. The van der Waals surface area contributed by atoms with Gasteiger partial charge in [0.1, 0.15) is 0 Å². The SMILES string of the molecule is CC(C)c1c(O)c(O)n(-c2ccc3nc[nH]c3c2)c1-c1csc2ccccc12. The number of nitrogens with zero attached hydrogens (tertiary/aromatic N) is 2. The van der Waals surface area contributed by atoms with Crippen molar-refractivity contribution in [2.75, 3.05) is 0 Å². The molecule has 0 saturated carbocycles. The van der Waals surface area contributed by atoms with Gasteiger partial charge >= 0.3 is 0 Å². The summed E-state index contributed by atoms with van der Waals surface area (Å²) in [7, 11) is 0. The molecule has 140 valence electrons. The molecule has 0 saturated heterocycles.